The van der Waals surface area contributed by atoms with Crippen molar-refractivity contribution in [3.63, 3.8) is 0 Å². The summed E-state index contributed by atoms with van der Waals surface area (Å²) in [7, 11) is -1.62. The molecule has 1 aromatic rings. The molecule has 0 aromatic heterocycles. The van der Waals surface area contributed by atoms with E-state index in [1.807, 2.05) is 0 Å². The Kier molecular flexibility index (Phi) is 6.32. The first-order chi connectivity index (χ1) is 13.4. The Labute approximate surface area is 179 Å². The fraction of sp³-hybridized carbons (Fsp3) is 0.654. The third kappa shape index (κ3) is 4.94. The third-order valence-corrected chi connectivity index (χ3v) is 8.38. The van der Waals surface area contributed by atoms with E-state index >= 15 is 0 Å². The SMILES string of the molecule is CC(=CCc1cccc(C(C)(C)O[Si](C)(C)C)c1)C1CCC2C(=O)CCCC21C. The van der Waals surface area contributed by atoms with Crippen LogP contribution >= 0.6 is 0 Å². The summed E-state index contributed by atoms with van der Waals surface area (Å²) in [6.07, 6.45) is 8.71. The Morgan fingerprint density at radius 2 is 2.00 bits per heavy atom. The maximum absolute atomic E-state index is 12.4. The fourth-order valence-corrected chi connectivity index (χ4v) is 7.65. The van der Waals surface area contributed by atoms with Crippen molar-refractivity contribution in [2.75, 3.05) is 0 Å². The van der Waals surface area contributed by atoms with E-state index in [9.17, 15) is 4.79 Å². The molecule has 0 radical (unpaired) electrons. The van der Waals surface area contributed by atoms with Crippen molar-refractivity contribution >= 4 is 14.1 Å². The molecule has 0 bridgehead atoms. The van der Waals surface area contributed by atoms with Crippen LogP contribution in [0.5, 0.6) is 0 Å². The topological polar surface area (TPSA) is 26.3 Å². The van der Waals surface area contributed by atoms with Crippen LogP contribution in [0.3, 0.4) is 0 Å². The van der Waals surface area contributed by atoms with E-state index in [1.54, 1.807) is 0 Å². The number of hydrogen-bond acceptors (Lipinski definition) is 2. The van der Waals surface area contributed by atoms with Crippen LogP contribution < -0.4 is 0 Å². The monoisotopic (exact) mass is 412 g/mol. The molecule has 2 saturated carbocycles. The molecule has 2 aliphatic carbocycles. The summed E-state index contributed by atoms with van der Waals surface area (Å²) < 4.78 is 6.45. The van der Waals surface area contributed by atoms with Gasteiger partial charge in [0.25, 0.3) is 0 Å². The minimum absolute atomic E-state index is 0.185. The molecule has 29 heavy (non-hydrogen) atoms. The van der Waals surface area contributed by atoms with Crippen LogP contribution in [0.2, 0.25) is 19.6 Å². The highest BCUT2D eigenvalue weighted by Gasteiger charge is 2.51. The predicted octanol–water partition coefficient (Wildman–Crippen LogP) is 7.05. The largest absolute Gasteiger partial charge is 0.409 e. The number of hydrogen-bond donors (Lipinski definition) is 0. The molecule has 2 aliphatic rings. The maximum atomic E-state index is 12.4. The highest BCUT2D eigenvalue weighted by Crippen LogP contribution is 2.56. The summed E-state index contributed by atoms with van der Waals surface area (Å²) in [6.45, 7) is 15.8. The molecule has 0 spiro atoms. The van der Waals surface area contributed by atoms with E-state index in [0.717, 1.165) is 25.7 Å². The van der Waals surface area contributed by atoms with Crippen molar-refractivity contribution < 1.29 is 9.22 Å². The number of carbonyl (C=O) groups excluding carboxylic acids is 1. The Morgan fingerprint density at radius 1 is 1.28 bits per heavy atom. The van der Waals surface area contributed by atoms with Crippen molar-refractivity contribution in [2.24, 2.45) is 17.3 Å². The van der Waals surface area contributed by atoms with Gasteiger partial charge in [-0.1, -0.05) is 42.8 Å². The Hall–Kier alpha value is -1.19. The average molecular weight is 413 g/mol. The molecule has 3 atom stereocenters. The minimum Gasteiger partial charge on any atom is -0.409 e. The second-order valence-corrected chi connectivity index (χ2v) is 15.5. The molecule has 3 heteroatoms. The van der Waals surface area contributed by atoms with E-state index in [-0.39, 0.29) is 11.0 Å². The van der Waals surface area contributed by atoms with E-state index in [2.05, 4.69) is 77.7 Å². The number of ketones is 1. The van der Waals surface area contributed by atoms with E-state index in [4.69, 9.17) is 4.43 Å². The zero-order chi connectivity index (χ0) is 21.4. The molecular formula is C26H40O2Si. The van der Waals surface area contributed by atoms with E-state index in [1.165, 1.54) is 29.5 Å². The van der Waals surface area contributed by atoms with Crippen LogP contribution in [-0.4, -0.2) is 14.1 Å². The summed E-state index contributed by atoms with van der Waals surface area (Å²) in [4.78, 5) is 12.4. The van der Waals surface area contributed by atoms with Crippen LogP contribution in [0.25, 0.3) is 0 Å². The molecule has 0 N–H and O–H groups in total. The van der Waals surface area contributed by atoms with Crippen molar-refractivity contribution in [3.8, 4) is 0 Å². The smallest absolute Gasteiger partial charge is 0.184 e. The molecular weight excluding hydrogens is 372 g/mol. The minimum atomic E-state index is -1.62. The number of Topliss-reactive ketones (excluding diaryl/α,β-unsaturated/α-hetero) is 1. The lowest BCUT2D eigenvalue weighted by molar-refractivity contribution is -0.129. The van der Waals surface area contributed by atoms with E-state index in [0.29, 0.717) is 17.6 Å². The van der Waals surface area contributed by atoms with E-state index < -0.39 is 8.32 Å². The number of fused-ring (bicyclic) bond motifs is 1. The number of benzene rings is 1. The van der Waals surface area contributed by atoms with Gasteiger partial charge in [-0.05, 0) is 95.0 Å². The molecule has 2 fully saturated rings. The summed E-state index contributed by atoms with van der Waals surface area (Å²) in [6, 6.07) is 8.89. The molecule has 0 aliphatic heterocycles. The van der Waals surface area contributed by atoms with Crippen molar-refractivity contribution in [1.82, 2.24) is 0 Å². The predicted molar refractivity (Wildman–Crippen MR) is 125 cm³/mol. The van der Waals surface area contributed by atoms with Crippen molar-refractivity contribution in [2.45, 2.75) is 91.5 Å². The van der Waals surface area contributed by atoms with Gasteiger partial charge < -0.3 is 4.43 Å². The molecule has 3 unspecified atom stereocenters. The molecule has 0 heterocycles. The molecule has 2 nitrogen and oxygen atoms in total. The normalized spacial score (nSPS) is 28.5. The van der Waals surface area contributed by atoms with Gasteiger partial charge >= 0.3 is 0 Å². The standard InChI is InChI=1S/C26H40O2Si/c1-19(22-15-16-23-24(27)12-9-17-26(22,23)4)13-14-20-10-8-11-21(18-20)25(2,3)28-29(5,6)7/h8,10-11,13,18,22-23H,9,12,14-17H2,1-7H3. The molecule has 0 amide bonds. The van der Waals surface area contributed by atoms with Crippen LogP contribution in [0, 0.1) is 17.3 Å². The van der Waals surface area contributed by atoms with Gasteiger partial charge in [0, 0.05) is 12.3 Å². The van der Waals surface area contributed by atoms with Crippen LogP contribution in [-0.2, 0) is 21.2 Å². The van der Waals surface area contributed by atoms with Gasteiger partial charge in [-0.3, -0.25) is 4.79 Å². The van der Waals surface area contributed by atoms with Crippen LogP contribution in [0.4, 0.5) is 0 Å². The molecule has 1 aromatic carbocycles. The van der Waals surface area contributed by atoms with Crippen molar-refractivity contribution in [3.05, 3.63) is 47.0 Å². The number of carbonyl (C=O) groups is 1. The maximum Gasteiger partial charge on any atom is 0.184 e. The molecule has 3 rings (SSSR count). The number of rotatable bonds is 6. The van der Waals surface area contributed by atoms with Crippen molar-refractivity contribution in [1.29, 1.82) is 0 Å². The van der Waals surface area contributed by atoms with Gasteiger partial charge in [0.1, 0.15) is 5.78 Å². The lowest BCUT2D eigenvalue weighted by atomic mass is 9.63. The second-order valence-electron chi connectivity index (χ2n) is 11.1. The molecule has 160 valence electrons. The zero-order valence-corrected chi connectivity index (χ0v) is 20.6. The summed E-state index contributed by atoms with van der Waals surface area (Å²) in [5.74, 6) is 1.38. The van der Waals surface area contributed by atoms with Gasteiger partial charge in [-0.25, -0.2) is 0 Å². The van der Waals surface area contributed by atoms with Crippen LogP contribution in [0.1, 0.15) is 70.9 Å². The van der Waals surface area contributed by atoms with Gasteiger partial charge in [0.05, 0.1) is 5.60 Å². The van der Waals surface area contributed by atoms with Crippen LogP contribution in [0.15, 0.2) is 35.9 Å². The van der Waals surface area contributed by atoms with Gasteiger partial charge in [-0.2, -0.15) is 0 Å². The number of allylic oxidation sites excluding steroid dienone is 2. The summed E-state index contributed by atoms with van der Waals surface area (Å²) >= 11 is 0. The molecule has 0 saturated heterocycles. The quantitative estimate of drug-likeness (QED) is 0.370. The Balaban J connectivity index is 1.74. The lowest BCUT2D eigenvalue weighted by Gasteiger charge is -2.40. The first kappa shape index (κ1) is 22.5. The van der Waals surface area contributed by atoms with Gasteiger partial charge in [0.2, 0.25) is 0 Å². The highest BCUT2D eigenvalue weighted by molar-refractivity contribution is 6.69. The third-order valence-electron chi connectivity index (χ3n) is 7.26. The summed E-state index contributed by atoms with van der Waals surface area (Å²) in [5.41, 5.74) is 4.01. The Morgan fingerprint density at radius 3 is 2.69 bits per heavy atom. The summed E-state index contributed by atoms with van der Waals surface area (Å²) in [5, 5.41) is 0. The lowest BCUT2D eigenvalue weighted by Crippen LogP contribution is -2.37. The second kappa shape index (κ2) is 8.15. The Bertz CT molecular complexity index is 786. The fourth-order valence-electron chi connectivity index (χ4n) is 6.00. The zero-order valence-electron chi connectivity index (χ0n) is 19.6. The highest BCUT2D eigenvalue weighted by atomic mass is 28.4. The van der Waals surface area contributed by atoms with Gasteiger partial charge in [0.15, 0.2) is 8.32 Å². The first-order valence-corrected chi connectivity index (χ1v) is 14.8. The first-order valence-electron chi connectivity index (χ1n) is 11.4. The average Bonchev–Trinajstić information content (AvgIpc) is 2.96. The van der Waals surface area contributed by atoms with Gasteiger partial charge in [-0.15, -0.1) is 0 Å².